The Kier molecular flexibility index (Phi) is 5.51. The molecule has 0 fully saturated rings. The molecule has 0 atom stereocenters. The van der Waals surface area contributed by atoms with Crippen molar-refractivity contribution in [1.29, 1.82) is 0 Å². The summed E-state index contributed by atoms with van der Waals surface area (Å²) in [6, 6.07) is 11.6. The van der Waals surface area contributed by atoms with Gasteiger partial charge in [-0.15, -0.1) is 0 Å². The zero-order valence-electron chi connectivity index (χ0n) is 13.4. The summed E-state index contributed by atoms with van der Waals surface area (Å²) in [5, 5.41) is 9.16. The number of halogens is 1. The molecule has 1 N–H and O–H groups in total. The lowest BCUT2D eigenvalue weighted by molar-refractivity contribution is -0.136. The average Bonchev–Trinajstić information content (AvgIpc) is 2.54. The molecule has 0 radical (unpaired) electrons. The highest BCUT2D eigenvalue weighted by Gasteiger charge is 2.24. The van der Waals surface area contributed by atoms with Gasteiger partial charge in [-0.25, -0.2) is 8.42 Å². The number of anilines is 1. The molecule has 0 saturated heterocycles. The van der Waals surface area contributed by atoms with Crippen LogP contribution in [-0.4, -0.2) is 26.5 Å². The summed E-state index contributed by atoms with van der Waals surface area (Å²) in [4.78, 5) is 10.8. The van der Waals surface area contributed by atoms with Gasteiger partial charge < -0.3 is 5.11 Å². The molecule has 2 aromatic carbocycles. The molecule has 2 aromatic rings. The monoisotopic (exact) mass is 367 g/mol. The lowest BCUT2D eigenvalue weighted by atomic mass is 10.1. The molecule has 0 heterocycles. The van der Waals surface area contributed by atoms with E-state index in [2.05, 4.69) is 0 Å². The van der Waals surface area contributed by atoms with Gasteiger partial charge in [0.15, 0.2) is 0 Å². The summed E-state index contributed by atoms with van der Waals surface area (Å²) in [7, 11) is -2.30. The number of benzene rings is 2. The molecule has 2 rings (SSSR count). The number of hydrogen-bond donors (Lipinski definition) is 1. The van der Waals surface area contributed by atoms with E-state index in [1.54, 1.807) is 43.3 Å². The molecule has 7 heteroatoms. The van der Waals surface area contributed by atoms with Gasteiger partial charge in [-0.2, -0.15) is 0 Å². The van der Waals surface area contributed by atoms with Crippen molar-refractivity contribution in [2.75, 3.05) is 11.4 Å². The van der Waals surface area contributed by atoms with Crippen molar-refractivity contribution in [1.82, 2.24) is 0 Å². The van der Waals surface area contributed by atoms with Gasteiger partial charge in [0.25, 0.3) is 10.0 Å². The molecule has 24 heavy (non-hydrogen) atoms. The lowest BCUT2D eigenvalue weighted by Gasteiger charge is -2.21. The van der Waals surface area contributed by atoms with E-state index in [0.29, 0.717) is 22.7 Å². The summed E-state index contributed by atoms with van der Waals surface area (Å²) in [6.45, 7) is 1.66. The van der Waals surface area contributed by atoms with Gasteiger partial charge in [-0.1, -0.05) is 29.8 Å². The van der Waals surface area contributed by atoms with Crippen molar-refractivity contribution in [3.63, 3.8) is 0 Å². The Bertz CT molecular complexity index is 865. The lowest BCUT2D eigenvalue weighted by Crippen LogP contribution is -2.27. The first-order chi connectivity index (χ1) is 11.2. The van der Waals surface area contributed by atoms with Crippen LogP contribution < -0.4 is 4.31 Å². The molecule has 0 saturated carbocycles. The van der Waals surface area contributed by atoms with E-state index < -0.39 is 16.0 Å². The van der Waals surface area contributed by atoms with E-state index in [-0.39, 0.29) is 11.3 Å². The third-order valence-electron chi connectivity index (χ3n) is 3.76. The third-order valence-corrected chi connectivity index (χ3v) is 6.10. The van der Waals surface area contributed by atoms with E-state index in [0.717, 1.165) is 5.56 Å². The van der Waals surface area contributed by atoms with Crippen molar-refractivity contribution in [3.05, 3.63) is 58.6 Å². The smallest absolute Gasteiger partial charge is 0.303 e. The van der Waals surface area contributed by atoms with Crippen LogP contribution in [0.4, 0.5) is 5.69 Å². The summed E-state index contributed by atoms with van der Waals surface area (Å²) in [5.41, 5.74) is 1.73. The van der Waals surface area contributed by atoms with Crippen LogP contribution in [0.2, 0.25) is 5.02 Å². The quantitative estimate of drug-likeness (QED) is 0.848. The fourth-order valence-corrected chi connectivity index (χ4v) is 3.98. The Hall–Kier alpha value is -2.05. The van der Waals surface area contributed by atoms with Crippen molar-refractivity contribution in [2.24, 2.45) is 0 Å². The van der Waals surface area contributed by atoms with Crippen LogP contribution in [0.5, 0.6) is 0 Å². The molecule has 128 valence electrons. The van der Waals surface area contributed by atoms with Gasteiger partial charge in [-0.05, 0) is 48.7 Å². The van der Waals surface area contributed by atoms with E-state index >= 15 is 0 Å². The predicted octanol–water partition coefficient (Wildman–Crippen LogP) is 3.49. The Morgan fingerprint density at radius 1 is 1.21 bits per heavy atom. The highest BCUT2D eigenvalue weighted by atomic mass is 35.5. The second-order valence-corrected chi connectivity index (χ2v) is 7.74. The first kappa shape index (κ1) is 18.3. The van der Waals surface area contributed by atoms with E-state index in [1.165, 1.54) is 17.4 Å². The molecule has 0 aliphatic rings. The summed E-state index contributed by atoms with van der Waals surface area (Å²) < 4.78 is 26.9. The predicted molar refractivity (Wildman–Crippen MR) is 94.2 cm³/mol. The van der Waals surface area contributed by atoms with Gasteiger partial charge in [0.1, 0.15) is 0 Å². The van der Waals surface area contributed by atoms with Crippen LogP contribution in [0, 0.1) is 6.92 Å². The number of carboxylic acids is 1. The average molecular weight is 368 g/mol. The van der Waals surface area contributed by atoms with Crippen molar-refractivity contribution in [2.45, 2.75) is 24.7 Å². The van der Waals surface area contributed by atoms with Crippen molar-refractivity contribution >= 4 is 33.3 Å². The minimum atomic E-state index is -3.76. The van der Waals surface area contributed by atoms with E-state index in [1.807, 2.05) is 0 Å². The highest BCUT2D eigenvalue weighted by Crippen LogP contribution is 2.28. The largest absolute Gasteiger partial charge is 0.481 e. The molecule has 0 spiro atoms. The molecule has 0 bridgehead atoms. The second kappa shape index (κ2) is 7.23. The number of nitrogens with zero attached hydrogens (tertiary/aromatic N) is 1. The van der Waals surface area contributed by atoms with Crippen LogP contribution in [0.1, 0.15) is 17.5 Å². The summed E-state index contributed by atoms with van der Waals surface area (Å²) in [5.74, 6) is -0.893. The molecule has 0 aliphatic heterocycles. The van der Waals surface area contributed by atoms with E-state index in [4.69, 9.17) is 16.7 Å². The maximum absolute atomic E-state index is 12.9. The Balaban J connectivity index is 2.36. The first-order valence-corrected chi connectivity index (χ1v) is 9.10. The summed E-state index contributed by atoms with van der Waals surface area (Å²) >= 11 is 6.03. The molecule has 0 amide bonds. The highest BCUT2D eigenvalue weighted by molar-refractivity contribution is 7.92. The molecular weight excluding hydrogens is 350 g/mol. The van der Waals surface area contributed by atoms with E-state index in [9.17, 15) is 13.2 Å². The first-order valence-electron chi connectivity index (χ1n) is 7.28. The topological polar surface area (TPSA) is 74.7 Å². The number of aliphatic carboxylic acids is 1. The van der Waals surface area contributed by atoms with Gasteiger partial charge in [0, 0.05) is 18.5 Å². The Labute approximate surface area is 146 Å². The molecule has 0 aromatic heterocycles. The Morgan fingerprint density at radius 3 is 2.54 bits per heavy atom. The van der Waals surface area contributed by atoms with Crippen LogP contribution in [0.3, 0.4) is 0 Å². The molecule has 0 unspecified atom stereocenters. The van der Waals surface area contributed by atoms with Gasteiger partial charge in [0.05, 0.1) is 10.6 Å². The Morgan fingerprint density at radius 2 is 1.88 bits per heavy atom. The van der Waals surface area contributed by atoms with Gasteiger partial charge in [0.2, 0.25) is 0 Å². The SMILES string of the molecule is Cc1c(Cl)cccc1S(=O)(=O)N(C)c1cccc(CCC(=O)O)c1. The number of rotatable bonds is 6. The van der Waals surface area contributed by atoms with Gasteiger partial charge in [-0.3, -0.25) is 9.10 Å². The minimum Gasteiger partial charge on any atom is -0.481 e. The fourth-order valence-electron chi connectivity index (χ4n) is 2.31. The standard InChI is InChI=1S/C17H18ClNO4S/c1-12-15(18)7-4-8-16(12)24(22,23)19(2)14-6-3-5-13(11-14)9-10-17(20)21/h3-8,11H,9-10H2,1-2H3,(H,20,21). The van der Waals surface area contributed by atoms with Crippen LogP contribution >= 0.6 is 11.6 Å². The number of aryl methyl sites for hydroxylation is 1. The third kappa shape index (κ3) is 3.88. The maximum Gasteiger partial charge on any atom is 0.303 e. The van der Waals surface area contributed by atoms with Crippen LogP contribution in [0.15, 0.2) is 47.4 Å². The number of carbonyl (C=O) groups is 1. The van der Waals surface area contributed by atoms with Crippen LogP contribution in [-0.2, 0) is 21.2 Å². The second-order valence-electron chi connectivity index (χ2n) is 5.40. The van der Waals surface area contributed by atoms with Crippen molar-refractivity contribution < 1.29 is 18.3 Å². The molecule has 5 nitrogen and oxygen atoms in total. The number of sulfonamides is 1. The normalized spacial score (nSPS) is 11.3. The number of hydrogen-bond acceptors (Lipinski definition) is 3. The van der Waals surface area contributed by atoms with Crippen molar-refractivity contribution in [3.8, 4) is 0 Å². The minimum absolute atomic E-state index is 0.00663. The van der Waals surface area contributed by atoms with Crippen LogP contribution in [0.25, 0.3) is 0 Å². The molecular formula is C17H18ClNO4S. The zero-order valence-corrected chi connectivity index (χ0v) is 14.9. The zero-order chi connectivity index (χ0) is 17.9. The fraction of sp³-hybridized carbons (Fsp3) is 0.235. The summed E-state index contributed by atoms with van der Waals surface area (Å²) in [6.07, 6.45) is 0.334. The maximum atomic E-state index is 12.9. The molecule has 0 aliphatic carbocycles. The number of carboxylic acid groups (broad SMARTS) is 1. The van der Waals surface area contributed by atoms with Gasteiger partial charge >= 0.3 is 5.97 Å².